The number of anilines is 3. The summed E-state index contributed by atoms with van der Waals surface area (Å²) in [6.45, 7) is 5.97. The lowest BCUT2D eigenvalue weighted by atomic mass is 9.93. The smallest absolute Gasteiger partial charge is 0.324 e. The second kappa shape index (κ2) is 9.66. The van der Waals surface area contributed by atoms with E-state index in [2.05, 4.69) is 26.1 Å². The van der Waals surface area contributed by atoms with E-state index < -0.39 is 6.03 Å². The van der Waals surface area contributed by atoms with Gasteiger partial charge in [0.05, 0.1) is 0 Å². The van der Waals surface area contributed by atoms with Gasteiger partial charge in [-0.05, 0) is 36.4 Å². The Morgan fingerprint density at radius 3 is 2.21 bits per heavy atom. The van der Waals surface area contributed by atoms with E-state index in [4.69, 9.17) is 16.1 Å². The molecule has 2 aromatic carbocycles. The van der Waals surface area contributed by atoms with Crippen LogP contribution in [0.1, 0.15) is 37.0 Å². The normalized spacial score (nSPS) is 11.2. The second-order valence-corrected chi connectivity index (χ2v) is 9.78. The highest BCUT2D eigenvalue weighted by Crippen LogP contribution is 2.26. The molecular formula is C24H22ClN5O3S. The van der Waals surface area contributed by atoms with Gasteiger partial charge in [0.25, 0.3) is 5.91 Å². The van der Waals surface area contributed by atoms with Crippen molar-refractivity contribution in [2.75, 3.05) is 16.0 Å². The van der Waals surface area contributed by atoms with E-state index in [1.807, 2.05) is 32.9 Å². The number of amides is 3. The van der Waals surface area contributed by atoms with Crippen molar-refractivity contribution in [3.05, 3.63) is 76.5 Å². The van der Waals surface area contributed by atoms with Crippen molar-refractivity contribution in [1.29, 1.82) is 0 Å². The highest BCUT2D eigenvalue weighted by atomic mass is 35.5. The van der Waals surface area contributed by atoms with Crippen LogP contribution in [0.15, 0.2) is 64.5 Å². The standard InChI is InChI=1S/C24H22ClN5O3S/c1-24(2,3)19-12-20(30-33-19)29-23(32)27-17-10-8-16(9-11-17)26-21(31)18-13-34-22(28-18)14-4-6-15(25)7-5-14/h4-13H,1-3H3,(H,26,31)(H2,27,29,30,32). The van der Waals surface area contributed by atoms with E-state index in [0.717, 1.165) is 10.6 Å². The third-order valence-corrected chi connectivity index (χ3v) is 5.86. The number of nitrogens with zero attached hydrogens (tertiary/aromatic N) is 2. The molecule has 0 aliphatic rings. The van der Waals surface area contributed by atoms with Gasteiger partial charge in [-0.3, -0.25) is 10.1 Å². The molecule has 0 aliphatic heterocycles. The molecule has 3 N–H and O–H groups in total. The minimum Gasteiger partial charge on any atom is -0.359 e. The van der Waals surface area contributed by atoms with Crippen LogP contribution in [0.2, 0.25) is 5.02 Å². The number of urea groups is 1. The molecule has 10 heteroatoms. The van der Waals surface area contributed by atoms with Gasteiger partial charge >= 0.3 is 6.03 Å². The summed E-state index contributed by atoms with van der Waals surface area (Å²) < 4.78 is 5.26. The van der Waals surface area contributed by atoms with Crippen molar-refractivity contribution in [2.45, 2.75) is 26.2 Å². The average molecular weight is 496 g/mol. The molecule has 0 unspecified atom stereocenters. The molecule has 0 saturated heterocycles. The van der Waals surface area contributed by atoms with Crippen molar-refractivity contribution in [2.24, 2.45) is 0 Å². The Kier molecular flexibility index (Phi) is 6.67. The van der Waals surface area contributed by atoms with Gasteiger partial charge in [-0.15, -0.1) is 11.3 Å². The maximum Gasteiger partial charge on any atom is 0.324 e. The molecule has 0 bridgehead atoms. The molecule has 0 spiro atoms. The van der Waals surface area contributed by atoms with Crippen LogP contribution in [-0.2, 0) is 5.41 Å². The van der Waals surface area contributed by atoms with Crippen molar-refractivity contribution < 1.29 is 14.1 Å². The number of carbonyl (C=O) groups is 2. The highest BCUT2D eigenvalue weighted by molar-refractivity contribution is 7.13. The fourth-order valence-electron chi connectivity index (χ4n) is 2.90. The molecule has 2 aromatic heterocycles. The summed E-state index contributed by atoms with van der Waals surface area (Å²) in [7, 11) is 0. The quantitative estimate of drug-likeness (QED) is 0.287. The molecule has 0 saturated carbocycles. The number of carbonyl (C=O) groups excluding carboxylic acids is 2. The number of nitrogens with one attached hydrogen (secondary N) is 3. The van der Waals surface area contributed by atoms with Gasteiger partial charge in [-0.2, -0.15) is 0 Å². The highest BCUT2D eigenvalue weighted by Gasteiger charge is 2.20. The number of rotatable bonds is 5. The summed E-state index contributed by atoms with van der Waals surface area (Å²) in [5, 5.41) is 15.1. The number of hydrogen-bond acceptors (Lipinski definition) is 6. The van der Waals surface area contributed by atoms with Crippen LogP contribution in [0.3, 0.4) is 0 Å². The predicted molar refractivity (Wildman–Crippen MR) is 135 cm³/mol. The lowest BCUT2D eigenvalue weighted by Crippen LogP contribution is -2.19. The first-order valence-electron chi connectivity index (χ1n) is 10.4. The maximum atomic E-state index is 12.6. The summed E-state index contributed by atoms with van der Waals surface area (Å²) in [6, 6.07) is 15.2. The monoisotopic (exact) mass is 495 g/mol. The van der Waals surface area contributed by atoms with Crippen LogP contribution in [0.25, 0.3) is 10.6 Å². The zero-order chi connectivity index (χ0) is 24.3. The number of benzene rings is 2. The molecular weight excluding hydrogens is 474 g/mol. The molecule has 34 heavy (non-hydrogen) atoms. The Morgan fingerprint density at radius 2 is 1.59 bits per heavy atom. The summed E-state index contributed by atoms with van der Waals surface area (Å²) >= 11 is 7.30. The molecule has 0 aliphatic carbocycles. The topological polar surface area (TPSA) is 109 Å². The van der Waals surface area contributed by atoms with Crippen molar-refractivity contribution in [1.82, 2.24) is 10.1 Å². The number of hydrogen-bond donors (Lipinski definition) is 3. The first-order valence-corrected chi connectivity index (χ1v) is 11.6. The zero-order valence-electron chi connectivity index (χ0n) is 18.7. The van der Waals surface area contributed by atoms with E-state index in [0.29, 0.717) is 33.7 Å². The van der Waals surface area contributed by atoms with Crippen molar-refractivity contribution in [3.8, 4) is 10.6 Å². The summed E-state index contributed by atoms with van der Waals surface area (Å²) in [5.41, 5.74) is 2.12. The third kappa shape index (κ3) is 5.81. The third-order valence-electron chi connectivity index (χ3n) is 4.72. The van der Waals surface area contributed by atoms with Crippen LogP contribution < -0.4 is 16.0 Å². The Bertz CT molecular complexity index is 1310. The SMILES string of the molecule is CC(C)(C)c1cc(NC(=O)Nc2ccc(NC(=O)c3csc(-c4ccc(Cl)cc4)n3)cc2)no1. The molecule has 2 heterocycles. The van der Waals surface area contributed by atoms with Gasteiger partial charge in [0, 0.05) is 38.8 Å². The van der Waals surface area contributed by atoms with Crippen LogP contribution in [0.4, 0.5) is 22.0 Å². The average Bonchev–Trinajstić information content (AvgIpc) is 3.46. The fraction of sp³-hybridized carbons (Fsp3) is 0.167. The Labute approximate surface area is 205 Å². The largest absolute Gasteiger partial charge is 0.359 e. The minimum absolute atomic E-state index is 0.209. The van der Waals surface area contributed by atoms with Crippen LogP contribution >= 0.6 is 22.9 Å². The van der Waals surface area contributed by atoms with Crippen LogP contribution in [-0.4, -0.2) is 22.1 Å². The van der Waals surface area contributed by atoms with Gasteiger partial charge in [0.15, 0.2) is 5.82 Å². The first kappa shape index (κ1) is 23.5. The lowest BCUT2D eigenvalue weighted by Gasteiger charge is -2.12. The summed E-state index contributed by atoms with van der Waals surface area (Å²) in [6.07, 6.45) is 0. The van der Waals surface area contributed by atoms with E-state index in [1.165, 1.54) is 11.3 Å². The number of halogens is 1. The molecule has 4 rings (SSSR count). The molecule has 0 radical (unpaired) electrons. The fourth-order valence-corrected chi connectivity index (χ4v) is 3.83. The first-order chi connectivity index (χ1) is 16.2. The number of aromatic nitrogens is 2. The van der Waals surface area contributed by atoms with Crippen LogP contribution in [0, 0.1) is 0 Å². The zero-order valence-corrected chi connectivity index (χ0v) is 20.3. The van der Waals surface area contributed by atoms with E-state index in [9.17, 15) is 9.59 Å². The molecule has 8 nitrogen and oxygen atoms in total. The van der Waals surface area contributed by atoms with Crippen molar-refractivity contribution >= 4 is 52.1 Å². The second-order valence-electron chi connectivity index (χ2n) is 8.48. The molecule has 3 amide bonds. The van der Waals surface area contributed by atoms with Crippen LogP contribution in [0.5, 0.6) is 0 Å². The number of thiazole rings is 1. The van der Waals surface area contributed by atoms with Gasteiger partial charge < -0.3 is 15.2 Å². The van der Waals surface area contributed by atoms with E-state index in [1.54, 1.807) is 47.8 Å². The Hall–Kier alpha value is -3.69. The molecule has 0 fully saturated rings. The lowest BCUT2D eigenvalue weighted by molar-refractivity contribution is 0.102. The van der Waals surface area contributed by atoms with Gasteiger partial charge in [-0.25, -0.2) is 9.78 Å². The minimum atomic E-state index is -0.456. The van der Waals surface area contributed by atoms with Crippen molar-refractivity contribution in [3.63, 3.8) is 0 Å². The van der Waals surface area contributed by atoms with Gasteiger partial charge in [-0.1, -0.05) is 49.7 Å². The maximum absolute atomic E-state index is 12.6. The summed E-state index contributed by atoms with van der Waals surface area (Å²) in [5.74, 6) is 0.673. The predicted octanol–water partition coefficient (Wildman–Crippen LogP) is 6.65. The van der Waals surface area contributed by atoms with Gasteiger partial charge in [0.1, 0.15) is 16.5 Å². The summed E-state index contributed by atoms with van der Waals surface area (Å²) in [4.78, 5) is 29.2. The molecule has 4 aromatic rings. The van der Waals surface area contributed by atoms with E-state index >= 15 is 0 Å². The Morgan fingerprint density at radius 1 is 0.941 bits per heavy atom. The molecule has 0 atom stereocenters. The van der Waals surface area contributed by atoms with E-state index in [-0.39, 0.29) is 11.3 Å². The Balaban J connectivity index is 1.33. The van der Waals surface area contributed by atoms with Gasteiger partial charge in [0.2, 0.25) is 0 Å². The molecule has 174 valence electrons.